The third-order valence-electron chi connectivity index (χ3n) is 5.09. The van der Waals surface area contributed by atoms with E-state index in [4.69, 9.17) is 20.6 Å². The minimum absolute atomic E-state index is 0.0511. The number of carbonyl (C=O) groups excluding carboxylic acids is 1. The Balaban J connectivity index is 1.55. The van der Waals surface area contributed by atoms with Gasteiger partial charge in [0.25, 0.3) is 5.91 Å². The van der Waals surface area contributed by atoms with Crippen molar-refractivity contribution in [1.82, 2.24) is 0 Å². The van der Waals surface area contributed by atoms with Crippen molar-refractivity contribution in [2.45, 2.75) is 18.4 Å². The molecule has 0 bridgehead atoms. The summed E-state index contributed by atoms with van der Waals surface area (Å²) >= 11 is 1.42. The molecular weight excluding hydrogens is 398 g/mol. The summed E-state index contributed by atoms with van der Waals surface area (Å²) in [6.07, 6.45) is 0.972. The van der Waals surface area contributed by atoms with Crippen molar-refractivity contribution in [2.24, 2.45) is 5.73 Å². The van der Waals surface area contributed by atoms with Crippen LogP contribution in [0.4, 0.5) is 5.69 Å². The van der Waals surface area contributed by atoms with E-state index in [1.54, 1.807) is 0 Å². The van der Waals surface area contributed by atoms with Gasteiger partial charge in [-0.3, -0.25) is 10.2 Å². The topological polar surface area (TPSA) is 97.4 Å². The molecule has 2 aromatic carbocycles. The van der Waals surface area contributed by atoms with Crippen molar-refractivity contribution in [2.75, 3.05) is 18.5 Å². The molecule has 0 aliphatic carbocycles. The fourth-order valence-corrected chi connectivity index (χ4v) is 4.22. The van der Waals surface area contributed by atoms with E-state index in [0.717, 1.165) is 16.0 Å². The average molecular weight is 422 g/mol. The van der Waals surface area contributed by atoms with Crippen LogP contribution in [-0.4, -0.2) is 30.6 Å². The zero-order valence-corrected chi connectivity index (χ0v) is 17.2. The van der Waals surface area contributed by atoms with E-state index < -0.39 is 5.60 Å². The number of ether oxygens (including phenoxy) is 2. The first-order valence-electron chi connectivity index (χ1n) is 9.72. The molecule has 154 valence electrons. The number of carbonyl (C=O) groups is 1. The Morgan fingerprint density at radius 1 is 1.07 bits per heavy atom. The molecule has 1 amide bonds. The molecule has 0 radical (unpaired) electrons. The number of amides is 1. The van der Waals surface area contributed by atoms with Crippen LogP contribution < -0.4 is 15.8 Å². The molecule has 1 fully saturated rings. The van der Waals surface area contributed by atoms with Gasteiger partial charge in [0.15, 0.2) is 5.60 Å². The molecule has 30 heavy (non-hydrogen) atoms. The van der Waals surface area contributed by atoms with Gasteiger partial charge in [0.1, 0.15) is 11.6 Å². The molecule has 0 unspecified atom stereocenters. The zero-order valence-electron chi connectivity index (χ0n) is 16.4. The van der Waals surface area contributed by atoms with Gasteiger partial charge in [-0.1, -0.05) is 30.3 Å². The fourth-order valence-electron chi connectivity index (χ4n) is 3.44. The lowest BCUT2D eigenvalue weighted by atomic mass is 9.92. The summed E-state index contributed by atoms with van der Waals surface area (Å²) in [4.78, 5) is 14.0. The molecule has 0 spiro atoms. The Hall–Kier alpha value is -3.16. The second-order valence-electron chi connectivity index (χ2n) is 7.17. The fraction of sp³-hybridized carbons (Fsp3) is 0.217. The lowest BCUT2D eigenvalue weighted by Gasteiger charge is -2.36. The lowest BCUT2D eigenvalue weighted by Crippen LogP contribution is -2.51. The number of hydrogen-bond acceptors (Lipinski definition) is 5. The van der Waals surface area contributed by atoms with Gasteiger partial charge in [0, 0.05) is 18.5 Å². The molecule has 4 N–H and O–H groups in total. The number of amidine groups is 1. The van der Waals surface area contributed by atoms with E-state index in [0.29, 0.717) is 37.5 Å². The third-order valence-corrected chi connectivity index (χ3v) is 6.05. The van der Waals surface area contributed by atoms with Gasteiger partial charge in [0.2, 0.25) is 0 Å². The first-order valence-corrected chi connectivity index (χ1v) is 10.6. The first-order chi connectivity index (χ1) is 14.6. The van der Waals surface area contributed by atoms with Crippen molar-refractivity contribution in [1.29, 1.82) is 5.41 Å². The van der Waals surface area contributed by atoms with Crippen LogP contribution in [0.2, 0.25) is 0 Å². The highest BCUT2D eigenvalue weighted by molar-refractivity contribution is 7.12. The van der Waals surface area contributed by atoms with E-state index in [9.17, 15) is 4.79 Å². The minimum Gasteiger partial charge on any atom is -0.477 e. The molecule has 7 heteroatoms. The third kappa shape index (κ3) is 4.37. The van der Waals surface area contributed by atoms with Crippen LogP contribution in [0.1, 0.15) is 17.7 Å². The van der Waals surface area contributed by atoms with Crippen molar-refractivity contribution in [3.05, 3.63) is 70.9 Å². The number of thiophene rings is 1. The zero-order chi connectivity index (χ0) is 21.0. The summed E-state index contributed by atoms with van der Waals surface area (Å²) in [5.74, 6) is 0.537. The molecule has 2 heterocycles. The lowest BCUT2D eigenvalue weighted by molar-refractivity contribution is -0.139. The Kier molecular flexibility index (Phi) is 5.83. The molecule has 1 saturated heterocycles. The molecule has 3 aromatic rings. The van der Waals surface area contributed by atoms with Crippen LogP contribution in [0.5, 0.6) is 5.75 Å². The SMILES string of the molecule is N=C(N)c1cc(-c2cccc(NC(=O)C3(Oc4ccccc4)CCOCC3)c2)cs1. The quantitative estimate of drug-likeness (QED) is 0.409. The largest absolute Gasteiger partial charge is 0.477 e. The van der Waals surface area contributed by atoms with Crippen LogP contribution in [0.25, 0.3) is 11.1 Å². The number of hydrogen-bond donors (Lipinski definition) is 3. The number of para-hydroxylation sites is 1. The van der Waals surface area contributed by atoms with E-state index in [1.165, 1.54) is 11.3 Å². The number of nitrogen functional groups attached to an aromatic ring is 1. The number of rotatable bonds is 6. The number of benzene rings is 2. The smallest absolute Gasteiger partial charge is 0.268 e. The molecule has 6 nitrogen and oxygen atoms in total. The van der Waals surface area contributed by atoms with Crippen molar-refractivity contribution < 1.29 is 14.3 Å². The molecule has 0 saturated carbocycles. The van der Waals surface area contributed by atoms with Gasteiger partial charge in [-0.2, -0.15) is 0 Å². The second kappa shape index (κ2) is 8.69. The van der Waals surface area contributed by atoms with E-state index in [2.05, 4.69) is 5.32 Å². The molecule has 4 rings (SSSR count). The molecule has 1 aromatic heterocycles. The van der Waals surface area contributed by atoms with Crippen molar-refractivity contribution in [3.8, 4) is 16.9 Å². The Bertz CT molecular complexity index is 1040. The summed E-state index contributed by atoms with van der Waals surface area (Å²) in [5, 5.41) is 12.6. The van der Waals surface area contributed by atoms with Gasteiger partial charge in [0.05, 0.1) is 18.1 Å². The van der Waals surface area contributed by atoms with Crippen LogP contribution in [-0.2, 0) is 9.53 Å². The highest BCUT2D eigenvalue weighted by atomic mass is 32.1. The van der Waals surface area contributed by atoms with Crippen LogP contribution >= 0.6 is 11.3 Å². The highest BCUT2D eigenvalue weighted by Crippen LogP contribution is 2.31. The Labute approximate surface area is 179 Å². The van der Waals surface area contributed by atoms with Crippen LogP contribution in [0, 0.1) is 5.41 Å². The molecule has 1 aliphatic rings. The van der Waals surface area contributed by atoms with E-state index in [-0.39, 0.29) is 11.7 Å². The first kappa shape index (κ1) is 20.1. The van der Waals surface area contributed by atoms with Gasteiger partial charge in [-0.05, 0) is 46.8 Å². The summed E-state index contributed by atoms with van der Waals surface area (Å²) in [7, 11) is 0. The molecular formula is C23H23N3O3S. The highest BCUT2D eigenvalue weighted by Gasteiger charge is 2.42. The number of nitrogens with one attached hydrogen (secondary N) is 2. The normalized spacial score (nSPS) is 15.3. The Morgan fingerprint density at radius 2 is 1.83 bits per heavy atom. The minimum atomic E-state index is -0.972. The van der Waals surface area contributed by atoms with Gasteiger partial charge >= 0.3 is 0 Å². The summed E-state index contributed by atoms with van der Waals surface area (Å²) < 4.78 is 11.7. The van der Waals surface area contributed by atoms with E-state index >= 15 is 0 Å². The maximum absolute atomic E-state index is 13.3. The number of anilines is 1. The predicted molar refractivity (Wildman–Crippen MR) is 119 cm³/mol. The summed E-state index contributed by atoms with van der Waals surface area (Å²) in [6.45, 7) is 0.950. The van der Waals surface area contributed by atoms with Gasteiger partial charge in [-0.15, -0.1) is 11.3 Å². The summed E-state index contributed by atoms with van der Waals surface area (Å²) in [6, 6.07) is 18.9. The van der Waals surface area contributed by atoms with E-state index in [1.807, 2.05) is 66.0 Å². The molecule has 0 atom stereocenters. The standard InChI is InChI=1S/C23H23N3O3S/c24-21(25)20-14-17(15-30-20)16-5-4-6-18(13-16)26-22(27)23(9-11-28-12-10-23)29-19-7-2-1-3-8-19/h1-8,13-15H,9-12H2,(H3,24,25)(H,26,27). The van der Waals surface area contributed by atoms with Crippen LogP contribution in [0.15, 0.2) is 66.0 Å². The van der Waals surface area contributed by atoms with Gasteiger partial charge in [-0.25, -0.2) is 0 Å². The monoisotopic (exact) mass is 421 g/mol. The number of nitrogens with two attached hydrogens (primary N) is 1. The summed E-state index contributed by atoms with van der Waals surface area (Å²) in [5.41, 5.74) is 7.20. The average Bonchev–Trinajstić information content (AvgIpc) is 3.26. The maximum atomic E-state index is 13.3. The Morgan fingerprint density at radius 3 is 2.53 bits per heavy atom. The molecule has 1 aliphatic heterocycles. The second-order valence-corrected chi connectivity index (χ2v) is 8.08. The van der Waals surface area contributed by atoms with Crippen LogP contribution in [0.3, 0.4) is 0 Å². The predicted octanol–water partition coefficient (Wildman–Crippen LogP) is 4.27. The van der Waals surface area contributed by atoms with Crippen molar-refractivity contribution in [3.63, 3.8) is 0 Å². The van der Waals surface area contributed by atoms with Gasteiger partial charge < -0.3 is 20.5 Å². The maximum Gasteiger partial charge on any atom is 0.268 e. The van der Waals surface area contributed by atoms with Crippen molar-refractivity contribution >= 4 is 28.8 Å².